The molecule has 1 aliphatic heterocycles. The molecule has 1 saturated heterocycles. The van der Waals surface area contributed by atoms with Crippen molar-refractivity contribution in [3.63, 3.8) is 0 Å². The molecule has 0 aliphatic carbocycles. The molecule has 2 rings (SSSR count). The Labute approximate surface area is 116 Å². The highest BCUT2D eigenvalue weighted by molar-refractivity contribution is 8.77. The standard InChI is InChI=1S/C13H18N2OS2/c14-11-3-1-10(2-4-11)5-7-15-13(16)9-12-6-8-17-18-12/h1-4,12H,5-9,14H2,(H,15,16)/t12-/m0/s1. The summed E-state index contributed by atoms with van der Waals surface area (Å²) < 4.78 is 0. The van der Waals surface area contributed by atoms with Crippen molar-refractivity contribution >= 4 is 33.2 Å². The third-order valence-electron chi connectivity index (χ3n) is 2.86. The van der Waals surface area contributed by atoms with Gasteiger partial charge in [0.1, 0.15) is 0 Å². The summed E-state index contributed by atoms with van der Waals surface area (Å²) in [6.07, 6.45) is 2.67. The van der Waals surface area contributed by atoms with E-state index in [4.69, 9.17) is 5.73 Å². The third-order valence-corrected chi connectivity index (χ3v) is 5.79. The lowest BCUT2D eigenvalue weighted by Crippen LogP contribution is -2.27. The maximum absolute atomic E-state index is 11.7. The number of carbonyl (C=O) groups is 1. The van der Waals surface area contributed by atoms with Gasteiger partial charge in [0.15, 0.2) is 0 Å². The zero-order valence-corrected chi connectivity index (χ0v) is 11.9. The van der Waals surface area contributed by atoms with E-state index in [0.29, 0.717) is 18.2 Å². The number of rotatable bonds is 5. The molecule has 98 valence electrons. The van der Waals surface area contributed by atoms with Crippen LogP contribution < -0.4 is 11.1 Å². The number of hydrogen-bond donors (Lipinski definition) is 2. The number of hydrogen-bond acceptors (Lipinski definition) is 4. The summed E-state index contributed by atoms with van der Waals surface area (Å²) in [4.78, 5) is 11.7. The van der Waals surface area contributed by atoms with Crippen molar-refractivity contribution in [2.24, 2.45) is 0 Å². The second-order valence-electron chi connectivity index (χ2n) is 4.37. The molecular formula is C13H18N2OS2. The minimum Gasteiger partial charge on any atom is -0.399 e. The van der Waals surface area contributed by atoms with E-state index in [-0.39, 0.29) is 5.91 Å². The first-order chi connectivity index (χ1) is 8.74. The quantitative estimate of drug-likeness (QED) is 0.643. The molecular weight excluding hydrogens is 264 g/mol. The fourth-order valence-electron chi connectivity index (χ4n) is 1.82. The first kappa shape index (κ1) is 13.6. The number of benzene rings is 1. The average molecular weight is 282 g/mol. The molecule has 3 N–H and O–H groups in total. The van der Waals surface area contributed by atoms with Gasteiger partial charge in [0.25, 0.3) is 0 Å². The summed E-state index contributed by atoms with van der Waals surface area (Å²) >= 11 is 0. The summed E-state index contributed by atoms with van der Waals surface area (Å²) in [5.74, 6) is 1.35. The molecule has 1 atom stereocenters. The van der Waals surface area contributed by atoms with E-state index in [0.717, 1.165) is 18.5 Å². The number of anilines is 1. The predicted octanol–water partition coefficient (Wildman–Crippen LogP) is 2.47. The SMILES string of the molecule is Nc1ccc(CCNC(=O)C[C@@H]2CCSS2)cc1. The molecule has 0 unspecified atom stereocenters. The van der Waals surface area contributed by atoms with Gasteiger partial charge in [-0.1, -0.05) is 33.7 Å². The van der Waals surface area contributed by atoms with Gasteiger partial charge >= 0.3 is 0 Å². The van der Waals surface area contributed by atoms with Crippen LogP contribution in [-0.2, 0) is 11.2 Å². The van der Waals surface area contributed by atoms with Gasteiger partial charge in [0, 0.05) is 29.7 Å². The lowest BCUT2D eigenvalue weighted by Gasteiger charge is -2.08. The van der Waals surface area contributed by atoms with E-state index in [9.17, 15) is 4.79 Å². The maximum atomic E-state index is 11.7. The smallest absolute Gasteiger partial charge is 0.221 e. The summed E-state index contributed by atoms with van der Waals surface area (Å²) in [5.41, 5.74) is 7.60. The van der Waals surface area contributed by atoms with Crippen LogP contribution in [0.4, 0.5) is 5.69 Å². The van der Waals surface area contributed by atoms with Crippen LogP contribution in [0.15, 0.2) is 24.3 Å². The number of nitrogens with one attached hydrogen (secondary N) is 1. The maximum Gasteiger partial charge on any atom is 0.221 e. The van der Waals surface area contributed by atoms with E-state index in [2.05, 4.69) is 5.32 Å². The highest BCUT2D eigenvalue weighted by atomic mass is 33.1. The molecule has 3 nitrogen and oxygen atoms in total. The molecule has 0 spiro atoms. The van der Waals surface area contributed by atoms with E-state index in [1.54, 1.807) is 0 Å². The van der Waals surface area contributed by atoms with Crippen LogP contribution in [0.25, 0.3) is 0 Å². The monoisotopic (exact) mass is 282 g/mol. The molecule has 1 aliphatic rings. The lowest BCUT2D eigenvalue weighted by atomic mass is 10.1. The minimum atomic E-state index is 0.172. The molecule has 1 heterocycles. The van der Waals surface area contributed by atoms with Gasteiger partial charge in [-0.2, -0.15) is 0 Å². The summed E-state index contributed by atoms with van der Waals surface area (Å²) in [6.45, 7) is 0.702. The molecule has 18 heavy (non-hydrogen) atoms. The minimum absolute atomic E-state index is 0.172. The Morgan fingerprint density at radius 3 is 2.83 bits per heavy atom. The molecule has 0 bridgehead atoms. The van der Waals surface area contributed by atoms with Crippen LogP contribution >= 0.6 is 21.6 Å². The molecule has 0 aromatic heterocycles. The summed E-state index contributed by atoms with van der Waals surface area (Å²) in [7, 11) is 3.72. The first-order valence-electron chi connectivity index (χ1n) is 6.13. The zero-order chi connectivity index (χ0) is 12.8. The number of nitrogen functional groups attached to an aromatic ring is 1. The Kier molecular flexibility index (Phi) is 5.26. The number of amides is 1. The molecule has 1 amide bonds. The lowest BCUT2D eigenvalue weighted by molar-refractivity contribution is -0.121. The van der Waals surface area contributed by atoms with E-state index in [1.165, 1.54) is 11.3 Å². The number of carbonyl (C=O) groups excluding carboxylic acids is 1. The van der Waals surface area contributed by atoms with Gasteiger partial charge in [-0.15, -0.1) is 0 Å². The summed E-state index contributed by atoms with van der Waals surface area (Å²) in [5, 5.41) is 3.49. The highest BCUT2D eigenvalue weighted by Crippen LogP contribution is 2.38. The van der Waals surface area contributed by atoms with Crippen molar-refractivity contribution in [2.75, 3.05) is 18.0 Å². The molecule has 1 aromatic rings. The van der Waals surface area contributed by atoms with Crippen LogP contribution in [0.3, 0.4) is 0 Å². The van der Waals surface area contributed by atoms with Gasteiger partial charge in [-0.25, -0.2) is 0 Å². The Bertz CT molecular complexity index is 388. The van der Waals surface area contributed by atoms with Crippen molar-refractivity contribution < 1.29 is 4.79 Å². The van der Waals surface area contributed by atoms with Crippen molar-refractivity contribution in [1.82, 2.24) is 5.32 Å². The van der Waals surface area contributed by atoms with Crippen LogP contribution in [0.1, 0.15) is 18.4 Å². The van der Waals surface area contributed by atoms with Gasteiger partial charge < -0.3 is 11.1 Å². The zero-order valence-electron chi connectivity index (χ0n) is 10.2. The van der Waals surface area contributed by atoms with E-state index < -0.39 is 0 Å². The molecule has 0 saturated carbocycles. The van der Waals surface area contributed by atoms with Crippen LogP contribution in [0.2, 0.25) is 0 Å². The largest absolute Gasteiger partial charge is 0.399 e. The Morgan fingerprint density at radius 1 is 1.39 bits per heavy atom. The van der Waals surface area contributed by atoms with Crippen LogP contribution in [0.5, 0.6) is 0 Å². The second-order valence-corrected chi connectivity index (χ2v) is 7.16. The molecule has 0 radical (unpaired) electrons. The van der Waals surface area contributed by atoms with Crippen LogP contribution in [-0.4, -0.2) is 23.5 Å². The van der Waals surface area contributed by atoms with Crippen molar-refractivity contribution in [3.8, 4) is 0 Å². The molecule has 1 aromatic carbocycles. The molecule has 1 fully saturated rings. The highest BCUT2D eigenvalue weighted by Gasteiger charge is 2.19. The Morgan fingerprint density at radius 2 is 2.17 bits per heavy atom. The van der Waals surface area contributed by atoms with E-state index >= 15 is 0 Å². The van der Waals surface area contributed by atoms with Crippen molar-refractivity contribution in [1.29, 1.82) is 0 Å². The van der Waals surface area contributed by atoms with Gasteiger partial charge in [0.05, 0.1) is 0 Å². The number of nitrogens with two attached hydrogens (primary N) is 1. The first-order valence-corrected chi connectivity index (χ1v) is 8.51. The van der Waals surface area contributed by atoms with Crippen molar-refractivity contribution in [3.05, 3.63) is 29.8 Å². The fourth-order valence-corrected chi connectivity index (χ4v) is 4.72. The Hall–Kier alpha value is -0.810. The fraction of sp³-hybridized carbons (Fsp3) is 0.462. The predicted molar refractivity (Wildman–Crippen MR) is 80.6 cm³/mol. The van der Waals surface area contributed by atoms with Crippen LogP contribution in [0, 0.1) is 0 Å². The Balaban J connectivity index is 1.65. The van der Waals surface area contributed by atoms with E-state index in [1.807, 2.05) is 45.9 Å². The third kappa shape index (κ3) is 4.46. The van der Waals surface area contributed by atoms with Gasteiger partial charge in [0.2, 0.25) is 5.91 Å². The van der Waals surface area contributed by atoms with Gasteiger partial charge in [-0.3, -0.25) is 4.79 Å². The average Bonchev–Trinajstić information content (AvgIpc) is 2.84. The summed E-state index contributed by atoms with van der Waals surface area (Å²) in [6, 6.07) is 7.79. The van der Waals surface area contributed by atoms with Crippen molar-refractivity contribution in [2.45, 2.75) is 24.5 Å². The second kappa shape index (κ2) is 6.95. The normalized spacial score (nSPS) is 18.8. The topological polar surface area (TPSA) is 55.1 Å². The van der Waals surface area contributed by atoms with Gasteiger partial charge in [-0.05, 0) is 30.5 Å². The molecule has 5 heteroatoms.